The van der Waals surface area contributed by atoms with Crippen LogP contribution >= 0.6 is 0 Å². The lowest BCUT2D eigenvalue weighted by atomic mass is 10.1. The minimum atomic E-state index is -0.598. The van der Waals surface area contributed by atoms with Gasteiger partial charge in [0, 0.05) is 31.3 Å². The van der Waals surface area contributed by atoms with Gasteiger partial charge < -0.3 is 20.2 Å². The summed E-state index contributed by atoms with van der Waals surface area (Å²) in [7, 11) is 0. The molecule has 1 aromatic carbocycles. The van der Waals surface area contributed by atoms with Crippen molar-refractivity contribution in [3.63, 3.8) is 0 Å². The van der Waals surface area contributed by atoms with E-state index in [1.165, 1.54) is 5.56 Å². The highest BCUT2D eigenvalue weighted by molar-refractivity contribution is 5.82. The Balaban J connectivity index is 1.42. The van der Waals surface area contributed by atoms with Crippen LogP contribution in [0.5, 0.6) is 0 Å². The van der Waals surface area contributed by atoms with Crippen LogP contribution in [0.1, 0.15) is 35.9 Å². The molecule has 2 atom stereocenters. The third-order valence-electron chi connectivity index (χ3n) is 5.20. The lowest BCUT2D eigenvalue weighted by Gasteiger charge is -2.34. The van der Waals surface area contributed by atoms with Gasteiger partial charge in [0.2, 0.25) is 5.91 Å². The first kappa shape index (κ1) is 18.4. The summed E-state index contributed by atoms with van der Waals surface area (Å²) in [5, 5.41) is 8.74. The molecule has 0 saturated heterocycles. The number of benzene rings is 1. The van der Waals surface area contributed by atoms with Crippen molar-refractivity contribution in [2.24, 2.45) is 5.73 Å². The van der Waals surface area contributed by atoms with E-state index in [1.807, 2.05) is 18.2 Å². The average Bonchev–Trinajstić information content (AvgIpc) is 3.36. The minimum Gasteiger partial charge on any atom is -0.348 e. The smallest absolute Gasteiger partial charge is 0.240 e. The van der Waals surface area contributed by atoms with Gasteiger partial charge in [-0.1, -0.05) is 30.3 Å². The van der Waals surface area contributed by atoms with Gasteiger partial charge in [0.1, 0.15) is 5.82 Å². The molecule has 3 aromatic rings. The van der Waals surface area contributed by atoms with E-state index >= 15 is 0 Å². The van der Waals surface area contributed by atoms with Gasteiger partial charge in [0.05, 0.1) is 25.0 Å². The van der Waals surface area contributed by atoms with E-state index in [0.29, 0.717) is 19.5 Å². The standard InChI is InChI=1S/C20H25N7O/c1-14-11-26(20(28)17(21)9-16-10-22-13-23-16)12-19-25-24-18(27(14)19)8-7-15-5-3-2-4-6-15/h2-6,10,13-14,17H,7-9,11-12,21H2,1H3,(H,22,23)/t14-,17-/m0/s1. The number of aromatic nitrogens is 5. The Labute approximate surface area is 163 Å². The number of nitrogens with zero attached hydrogens (tertiary/aromatic N) is 5. The van der Waals surface area contributed by atoms with E-state index in [9.17, 15) is 4.79 Å². The third kappa shape index (κ3) is 3.82. The number of amides is 1. The molecule has 1 amide bonds. The van der Waals surface area contributed by atoms with E-state index in [1.54, 1.807) is 17.4 Å². The molecule has 8 nitrogen and oxygen atoms in total. The second-order valence-corrected chi connectivity index (χ2v) is 7.34. The summed E-state index contributed by atoms with van der Waals surface area (Å²) in [6, 6.07) is 9.89. The Hall–Kier alpha value is -3.00. The molecule has 28 heavy (non-hydrogen) atoms. The maximum Gasteiger partial charge on any atom is 0.240 e. The maximum atomic E-state index is 12.8. The average molecular weight is 379 g/mol. The third-order valence-corrected chi connectivity index (χ3v) is 5.20. The van der Waals surface area contributed by atoms with Crippen LogP contribution in [0.2, 0.25) is 0 Å². The van der Waals surface area contributed by atoms with Crippen molar-refractivity contribution in [3.8, 4) is 0 Å². The molecule has 0 spiro atoms. The van der Waals surface area contributed by atoms with Crippen LogP contribution in [0, 0.1) is 0 Å². The van der Waals surface area contributed by atoms with E-state index in [4.69, 9.17) is 5.73 Å². The summed E-state index contributed by atoms with van der Waals surface area (Å²) in [5.74, 6) is 1.73. The van der Waals surface area contributed by atoms with Gasteiger partial charge in [-0.25, -0.2) is 4.98 Å². The maximum absolute atomic E-state index is 12.8. The molecule has 3 N–H and O–H groups in total. The number of imidazole rings is 1. The lowest BCUT2D eigenvalue weighted by Crippen LogP contribution is -2.49. The number of aromatic amines is 1. The summed E-state index contributed by atoms with van der Waals surface area (Å²) >= 11 is 0. The monoisotopic (exact) mass is 379 g/mol. The molecule has 3 heterocycles. The van der Waals surface area contributed by atoms with E-state index in [0.717, 1.165) is 30.2 Å². The molecule has 0 unspecified atom stereocenters. The molecule has 0 saturated carbocycles. The SMILES string of the molecule is C[C@H]1CN(C(=O)[C@@H](N)Cc2cnc[nH]2)Cc2nnc(CCc3ccccc3)n21. The van der Waals surface area contributed by atoms with Gasteiger partial charge in [-0.15, -0.1) is 10.2 Å². The second-order valence-electron chi connectivity index (χ2n) is 7.34. The Morgan fingerprint density at radius 2 is 2.11 bits per heavy atom. The molecule has 1 aliphatic heterocycles. The Bertz CT molecular complexity index is 919. The van der Waals surface area contributed by atoms with Crippen molar-refractivity contribution in [2.75, 3.05) is 6.54 Å². The van der Waals surface area contributed by atoms with E-state index < -0.39 is 6.04 Å². The van der Waals surface area contributed by atoms with Crippen LogP contribution in [0.4, 0.5) is 0 Å². The number of H-pyrrole nitrogens is 1. The summed E-state index contributed by atoms with van der Waals surface area (Å²) in [6.45, 7) is 3.15. The zero-order valence-electron chi connectivity index (χ0n) is 16.0. The zero-order valence-corrected chi connectivity index (χ0v) is 16.0. The highest BCUT2D eigenvalue weighted by Gasteiger charge is 2.31. The fourth-order valence-corrected chi connectivity index (χ4v) is 3.81. The Morgan fingerprint density at radius 3 is 2.86 bits per heavy atom. The van der Waals surface area contributed by atoms with Gasteiger partial charge in [0.25, 0.3) is 0 Å². The Morgan fingerprint density at radius 1 is 1.29 bits per heavy atom. The molecule has 1 aliphatic rings. The lowest BCUT2D eigenvalue weighted by molar-refractivity contribution is -0.134. The number of hydrogen-bond acceptors (Lipinski definition) is 5. The number of hydrogen-bond donors (Lipinski definition) is 2. The van der Waals surface area contributed by atoms with Crippen LogP contribution in [0.15, 0.2) is 42.9 Å². The summed E-state index contributed by atoms with van der Waals surface area (Å²) in [5.41, 5.74) is 8.28. The van der Waals surface area contributed by atoms with Gasteiger partial charge in [-0.2, -0.15) is 0 Å². The molecule has 2 aromatic heterocycles. The van der Waals surface area contributed by atoms with E-state index in [2.05, 4.69) is 43.8 Å². The number of fused-ring (bicyclic) bond motifs is 1. The predicted molar refractivity (Wildman–Crippen MR) is 104 cm³/mol. The van der Waals surface area contributed by atoms with Crippen molar-refractivity contribution in [2.45, 2.75) is 44.8 Å². The fourth-order valence-electron chi connectivity index (χ4n) is 3.81. The van der Waals surface area contributed by atoms with Gasteiger partial charge >= 0.3 is 0 Å². The molecule has 0 aliphatic carbocycles. The van der Waals surface area contributed by atoms with Crippen molar-refractivity contribution in [3.05, 3.63) is 65.8 Å². The zero-order chi connectivity index (χ0) is 19.5. The number of carbonyl (C=O) groups excluding carboxylic acids is 1. The first-order valence-electron chi connectivity index (χ1n) is 9.60. The molecule has 8 heteroatoms. The fraction of sp³-hybridized carbons (Fsp3) is 0.400. The largest absolute Gasteiger partial charge is 0.348 e. The number of aryl methyl sites for hydroxylation is 2. The van der Waals surface area contributed by atoms with Crippen molar-refractivity contribution in [1.82, 2.24) is 29.6 Å². The molecular formula is C20H25N7O. The molecule has 4 rings (SSSR count). The van der Waals surface area contributed by atoms with Crippen molar-refractivity contribution in [1.29, 1.82) is 0 Å². The number of carbonyl (C=O) groups is 1. The van der Waals surface area contributed by atoms with Crippen LogP contribution in [-0.2, 0) is 30.6 Å². The van der Waals surface area contributed by atoms with Crippen LogP contribution in [0.3, 0.4) is 0 Å². The normalized spacial score (nSPS) is 17.4. The van der Waals surface area contributed by atoms with Gasteiger partial charge in [-0.3, -0.25) is 4.79 Å². The molecule has 0 fully saturated rings. The molecule has 0 radical (unpaired) electrons. The highest BCUT2D eigenvalue weighted by Crippen LogP contribution is 2.23. The number of rotatable bonds is 6. The van der Waals surface area contributed by atoms with Crippen molar-refractivity contribution >= 4 is 5.91 Å². The molecular weight excluding hydrogens is 354 g/mol. The van der Waals surface area contributed by atoms with Gasteiger partial charge in [-0.05, 0) is 18.9 Å². The molecule has 146 valence electrons. The van der Waals surface area contributed by atoms with Crippen LogP contribution < -0.4 is 5.73 Å². The summed E-state index contributed by atoms with van der Waals surface area (Å²) in [6.07, 6.45) is 5.48. The van der Waals surface area contributed by atoms with Crippen LogP contribution in [-0.4, -0.2) is 48.1 Å². The topological polar surface area (TPSA) is 106 Å². The first-order chi connectivity index (χ1) is 13.6. The Kier molecular flexibility index (Phi) is 5.21. The predicted octanol–water partition coefficient (Wildman–Crippen LogP) is 1.26. The molecule has 0 bridgehead atoms. The van der Waals surface area contributed by atoms with Crippen molar-refractivity contribution < 1.29 is 4.79 Å². The number of nitrogens with one attached hydrogen (secondary N) is 1. The second kappa shape index (κ2) is 7.93. The van der Waals surface area contributed by atoms with Gasteiger partial charge in [0.15, 0.2) is 5.82 Å². The first-order valence-corrected chi connectivity index (χ1v) is 9.60. The quantitative estimate of drug-likeness (QED) is 0.671. The summed E-state index contributed by atoms with van der Waals surface area (Å²) < 4.78 is 2.17. The number of nitrogens with two attached hydrogens (primary N) is 1. The van der Waals surface area contributed by atoms with E-state index in [-0.39, 0.29) is 11.9 Å². The van der Waals surface area contributed by atoms with Crippen LogP contribution in [0.25, 0.3) is 0 Å². The minimum absolute atomic E-state index is 0.0680. The summed E-state index contributed by atoms with van der Waals surface area (Å²) in [4.78, 5) is 21.6. The highest BCUT2D eigenvalue weighted by atomic mass is 16.2.